The highest BCUT2D eigenvalue weighted by atomic mass is 16.1. The van der Waals surface area contributed by atoms with Gasteiger partial charge in [-0.1, -0.05) is 0 Å². The average Bonchev–Trinajstić information content (AvgIpc) is 2.98. The fourth-order valence-corrected chi connectivity index (χ4v) is 1.57. The minimum Gasteiger partial charge on any atom is -0.349 e. The van der Waals surface area contributed by atoms with E-state index in [0.717, 1.165) is 0 Å². The van der Waals surface area contributed by atoms with Crippen LogP contribution in [0, 0.1) is 5.92 Å². The molecule has 1 aromatic rings. The standard InChI is InChI=1S/C10H16N4O/c1-14-6-12-5-9(14)10(15)13-4-8(11)7-2-3-7/h5-8H,2-4,11H2,1H3,(H,13,15). The van der Waals surface area contributed by atoms with Crippen molar-refractivity contribution in [2.75, 3.05) is 6.54 Å². The fraction of sp³-hybridized carbons (Fsp3) is 0.600. The molecule has 0 aromatic carbocycles. The Hall–Kier alpha value is -1.36. The lowest BCUT2D eigenvalue weighted by molar-refractivity contribution is 0.0942. The number of hydrogen-bond donors (Lipinski definition) is 2. The maximum Gasteiger partial charge on any atom is 0.269 e. The number of hydrogen-bond acceptors (Lipinski definition) is 3. The van der Waals surface area contributed by atoms with E-state index in [1.807, 2.05) is 0 Å². The van der Waals surface area contributed by atoms with Gasteiger partial charge in [-0.25, -0.2) is 4.98 Å². The second kappa shape index (κ2) is 4.02. The summed E-state index contributed by atoms with van der Waals surface area (Å²) in [6, 6.07) is 0.0992. The van der Waals surface area contributed by atoms with Gasteiger partial charge in [0.25, 0.3) is 5.91 Å². The van der Waals surface area contributed by atoms with Gasteiger partial charge in [0.15, 0.2) is 0 Å². The van der Waals surface area contributed by atoms with Crippen LogP contribution in [0.4, 0.5) is 0 Å². The first-order valence-corrected chi connectivity index (χ1v) is 5.18. The Morgan fingerprint density at radius 2 is 2.53 bits per heavy atom. The van der Waals surface area contributed by atoms with Gasteiger partial charge in [-0.2, -0.15) is 0 Å². The Bertz CT molecular complexity index is 356. The summed E-state index contributed by atoms with van der Waals surface area (Å²) in [6.45, 7) is 0.550. The van der Waals surface area contributed by atoms with Crippen molar-refractivity contribution >= 4 is 5.91 Å². The summed E-state index contributed by atoms with van der Waals surface area (Å²) in [6.07, 6.45) is 5.55. The van der Waals surface area contributed by atoms with Crippen LogP contribution >= 0.6 is 0 Å². The molecule has 1 fully saturated rings. The molecule has 1 heterocycles. The first-order chi connectivity index (χ1) is 7.18. The van der Waals surface area contributed by atoms with Crippen LogP contribution in [-0.4, -0.2) is 28.0 Å². The summed E-state index contributed by atoms with van der Waals surface area (Å²) in [5.74, 6) is 0.503. The van der Waals surface area contributed by atoms with Crippen LogP contribution in [0.3, 0.4) is 0 Å². The molecule has 2 rings (SSSR count). The normalized spacial score (nSPS) is 17.5. The number of aromatic nitrogens is 2. The molecular formula is C10H16N4O. The molecule has 0 bridgehead atoms. The molecule has 5 heteroatoms. The minimum absolute atomic E-state index is 0.0992. The summed E-state index contributed by atoms with van der Waals surface area (Å²) in [5, 5.41) is 2.82. The highest BCUT2D eigenvalue weighted by Crippen LogP contribution is 2.31. The van der Waals surface area contributed by atoms with Gasteiger partial charge >= 0.3 is 0 Å². The number of carbonyl (C=O) groups is 1. The lowest BCUT2D eigenvalue weighted by Gasteiger charge is -2.11. The molecule has 5 nitrogen and oxygen atoms in total. The summed E-state index contributed by atoms with van der Waals surface area (Å²) in [4.78, 5) is 15.5. The molecule has 1 aromatic heterocycles. The number of amides is 1. The van der Waals surface area contributed by atoms with E-state index in [2.05, 4.69) is 10.3 Å². The van der Waals surface area contributed by atoms with Gasteiger partial charge in [-0.05, 0) is 18.8 Å². The van der Waals surface area contributed by atoms with Gasteiger partial charge in [0.2, 0.25) is 0 Å². The minimum atomic E-state index is -0.105. The van der Waals surface area contributed by atoms with Crippen molar-refractivity contribution in [3.63, 3.8) is 0 Å². The Kier molecular flexibility index (Phi) is 2.73. The first kappa shape index (κ1) is 10.2. The molecule has 0 saturated heterocycles. The van der Waals surface area contributed by atoms with E-state index in [4.69, 9.17) is 5.73 Å². The Labute approximate surface area is 88.7 Å². The Morgan fingerprint density at radius 3 is 3.07 bits per heavy atom. The van der Waals surface area contributed by atoms with Crippen molar-refractivity contribution in [3.8, 4) is 0 Å². The van der Waals surface area contributed by atoms with Gasteiger partial charge in [-0.15, -0.1) is 0 Å². The molecule has 1 unspecified atom stereocenters. The molecule has 0 radical (unpaired) electrons. The van der Waals surface area contributed by atoms with Crippen molar-refractivity contribution in [1.82, 2.24) is 14.9 Å². The quantitative estimate of drug-likeness (QED) is 0.725. The number of nitrogens with one attached hydrogen (secondary N) is 1. The average molecular weight is 208 g/mol. The molecule has 1 aliphatic carbocycles. The third kappa shape index (κ3) is 2.36. The zero-order valence-corrected chi connectivity index (χ0v) is 8.81. The zero-order chi connectivity index (χ0) is 10.8. The van der Waals surface area contributed by atoms with Crippen LogP contribution in [0.1, 0.15) is 23.3 Å². The molecule has 15 heavy (non-hydrogen) atoms. The Morgan fingerprint density at radius 1 is 1.80 bits per heavy atom. The molecule has 0 aliphatic heterocycles. The van der Waals surface area contributed by atoms with Crippen LogP contribution in [0.15, 0.2) is 12.5 Å². The van der Waals surface area contributed by atoms with Gasteiger partial charge < -0.3 is 15.6 Å². The third-order valence-electron chi connectivity index (χ3n) is 2.78. The monoisotopic (exact) mass is 208 g/mol. The van der Waals surface area contributed by atoms with E-state index in [9.17, 15) is 4.79 Å². The summed E-state index contributed by atoms with van der Waals surface area (Å²) >= 11 is 0. The van der Waals surface area contributed by atoms with Crippen LogP contribution < -0.4 is 11.1 Å². The highest BCUT2D eigenvalue weighted by molar-refractivity contribution is 5.92. The van der Waals surface area contributed by atoms with Crippen LogP contribution in [0.2, 0.25) is 0 Å². The van der Waals surface area contributed by atoms with Gasteiger partial charge in [0.1, 0.15) is 5.69 Å². The molecule has 1 aliphatic rings. The van der Waals surface area contributed by atoms with Gasteiger partial charge in [0, 0.05) is 19.6 Å². The maximum absolute atomic E-state index is 11.6. The molecule has 82 valence electrons. The smallest absolute Gasteiger partial charge is 0.269 e. The van der Waals surface area contributed by atoms with Crippen LogP contribution in [-0.2, 0) is 7.05 Å². The van der Waals surface area contributed by atoms with Crippen molar-refractivity contribution in [3.05, 3.63) is 18.2 Å². The zero-order valence-electron chi connectivity index (χ0n) is 8.81. The Balaban J connectivity index is 1.84. The van der Waals surface area contributed by atoms with Crippen molar-refractivity contribution in [2.24, 2.45) is 18.7 Å². The largest absolute Gasteiger partial charge is 0.349 e. The summed E-state index contributed by atoms with van der Waals surface area (Å²) in [7, 11) is 1.79. The van der Waals surface area contributed by atoms with E-state index in [0.29, 0.717) is 18.2 Å². The van der Waals surface area contributed by atoms with Crippen LogP contribution in [0.25, 0.3) is 0 Å². The number of rotatable bonds is 4. The molecule has 0 spiro atoms. The van der Waals surface area contributed by atoms with E-state index in [1.54, 1.807) is 24.1 Å². The predicted molar refractivity (Wildman–Crippen MR) is 56.2 cm³/mol. The molecule has 1 atom stereocenters. The molecule has 1 saturated carbocycles. The first-order valence-electron chi connectivity index (χ1n) is 5.18. The number of aryl methyl sites for hydroxylation is 1. The molecule has 3 N–H and O–H groups in total. The summed E-state index contributed by atoms with van der Waals surface area (Å²) in [5.41, 5.74) is 6.45. The number of nitrogens with two attached hydrogens (primary N) is 1. The van der Waals surface area contributed by atoms with E-state index < -0.39 is 0 Å². The lowest BCUT2D eigenvalue weighted by atomic mass is 10.2. The van der Waals surface area contributed by atoms with Crippen LogP contribution in [0.5, 0.6) is 0 Å². The highest BCUT2D eigenvalue weighted by Gasteiger charge is 2.28. The third-order valence-corrected chi connectivity index (χ3v) is 2.78. The van der Waals surface area contributed by atoms with Gasteiger partial charge in [-0.3, -0.25) is 4.79 Å². The van der Waals surface area contributed by atoms with E-state index in [1.165, 1.54) is 12.8 Å². The van der Waals surface area contributed by atoms with Crippen molar-refractivity contribution < 1.29 is 4.79 Å². The number of imidazole rings is 1. The second-order valence-corrected chi connectivity index (χ2v) is 4.10. The van der Waals surface area contributed by atoms with Crippen molar-refractivity contribution in [2.45, 2.75) is 18.9 Å². The lowest BCUT2D eigenvalue weighted by Crippen LogP contribution is -2.39. The second-order valence-electron chi connectivity index (χ2n) is 4.10. The molecule has 1 amide bonds. The number of nitrogens with zero attached hydrogens (tertiary/aromatic N) is 2. The van der Waals surface area contributed by atoms with E-state index >= 15 is 0 Å². The van der Waals surface area contributed by atoms with E-state index in [-0.39, 0.29) is 11.9 Å². The maximum atomic E-state index is 11.6. The SMILES string of the molecule is Cn1cncc1C(=O)NCC(N)C1CC1. The number of carbonyl (C=O) groups excluding carboxylic acids is 1. The van der Waals surface area contributed by atoms with Crippen molar-refractivity contribution in [1.29, 1.82) is 0 Å². The topological polar surface area (TPSA) is 72.9 Å². The van der Waals surface area contributed by atoms with Gasteiger partial charge in [0.05, 0.1) is 12.5 Å². The predicted octanol–water partition coefficient (Wildman–Crippen LogP) is -0.113. The fourth-order valence-electron chi connectivity index (χ4n) is 1.57. The molecular weight excluding hydrogens is 192 g/mol. The summed E-state index contributed by atoms with van der Waals surface area (Å²) < 4.78 is 1.69.